The predicted molar refractivity (Wildman–Crippen MR) is 73.7 cm³/mol. The molecule has 2 N–H and O–H groups in total. The van der Waals surface area contributed by atoms with Crippen molar-refractivity contribution >= 4 is 17.5 Å². The van der Waals surface area contributed by atoms with E-state index >= 15 is 0 Å². The third kappa shape index (κ3) is 5.04. The van der Waals surface area contributed by atoms with Gasteiger partial charge in [-0.3, -0.25) is 4.79 Å². The van der Waals surface area contributed by atoms with Gasteiger partial charge in [-0.2, -0.15) is 0 Å². The van der Waals surface area contributed by atoms with Crippen LogP contribution in [0.4, 0.5) is 0 Å². The number of ether oxygens (including phenoxy) is 1. The van der Waals surface area contributed by atoms with Gasteiger partial charge >= 0.3 is 0 Å². The number of aromatic nitrogens is 1. The summed E-state index contributed by atoms with van der Waals surface area (Å²) in [6, 6.07) is 1.50. The number of pyridine rings is 1. The monoisotopic (exact) mass is 286 g/mol. The molecule has 0 spiro atoms. The molecule has 1 heterocycles. The minimum absolute atomic E-state index is 0.220. The maximum atomic E-state index is 11.8. The van der Waals surface area contributed by atoms with Crippen LogP contribution in [0.1, 0.15) is 37.0 Å². The molecule has 1 amide bonds. The molecule has 19 heavy (non-hydrogen) atoms. The molecule has 1 atom stereocenters. The summed E-state index contributed by atoms with van der Waals surface area (Å²) in [5.74, 6) is -0.000615. The normalized spacial score (nSPS) is 12.0. The lowest BCUT2D eigenvalue weighted by molar-refractivity contribution is 0.0909. The summed E-state index contributed by atoms with van der Waals surface area (Å²) in [6.45, 7) is 4.48. The van der Waals surface area contributed by atoms with Crippen LogP contribution in [0.2, 0.25) is 5.02 Å². The SMILES string of the molecule is CCCC(O)CNC(=O)c1cnc(OCC)c(Cl)c1. The fourth-order valence-corrected chi connectivity index (χ4v) is 1.76. The van der Waals surface area contributed by atoms with Crippen LogP contribution in [0.25, 0.3) is 0 Å². The number of halogens is 1. The topological polar surface area (TPSA) is 71.5 Å². The summed E-state index contributed by atoms with van der Waals surface area (Å²) in [7, 11) is 0. The maximum absolute atomic E-state index is 11.8. The number of aliphatic hydroxyl groups excluding tert-OH is 1. The van der Waals surface area contributed by atoms with Gasteiger partial charge in [0.2, 0.25) is 5.88 Å². The number of carbonyl (C=O) groups excluding carboxylic acids is 1. The molecule has 0 aliphatic heterocycles. The van der Waals surface area contributed by atoms with Gasteiger partial charge in [0.05, 0.1) is 18.3 Å². The number of amides is 1. The molecule has 0 aromatic carbocycles. The molecule has 6 heteroatoms. The molecular formula is C13H19ClN2O3. The number of nitrogens with one attached hydrogen (secondary N) is 1. The Morgan fingerprint density at radius 1 is 1.58 bits per heavy atom. The Balaban J connectivity index is 2.60. The van der Waals surface area contributed by atoms with Crippen LogP contribution in [0.15, 0.2) is 12.3 Å². The molecule has 5 nitrogen and oxygen atoms in total. The van der Waals surface area contributed by atoms with E-state index in [4.69, 9.17) is 16.3 Å². The Morgan fingerprint density at radius 3 is 2.89 bits per heavy atom. The van der Waals surface area contributed by atoms with Crippen LogP contribution in [0.3, 0.4) is 0 Å². The molecule has 106 valence electrons. The molecule has 0 fully saturated rings. The van der Waals surface area contributed by atoms with Crippen molar-refractivity contribution in [3.05, 3.63) is 22.8 Å². The van der Waals surface area contributed by atoms with Gasteiger partial charge in [0.15, 0.2) is 0 Å². The molecule has 0 bridgehead atoms. The average Bonchev–Trinajstić information content (AvgIpc) is 2.39. The summed E-state index contributed by atoms with van der Waals surface area (Å²) >= 11 is 5.95. The molecule has 1 unspecified atom stereocenters. The van der Waals surface area contributed by atoms with Gasteiger partial charge in [0.1, 0.15) is 5.02 Å². The molecule has 0 radical (unpaired) electrons. The molecule has 0 saturated heterocycles. The molecule has 0 saturated carbocycles. The van der Waals surface area contributed by atoms with Crippen LogP contribution in [-0.4, -0.2) is 35.3 Å². The molecule has 1 rings (SSSR count). The summed E-state index contributed by atoms with van der Waals surface area (Å²) in [6.07, 6.45) is 2.40. The second-order valence-electron chi connectivity index (χ2n) is 4.10. The highest BCUT2D eigenvalue weighted by molar-refractivity contribution is 6.32. The van der Waals surface area contributed by atoms with Crippen molar-refractivity contribution < 1.29 is 14.6 Å². The fraction of sp³-hybridized carbons (Fsp3) is 0.538. The number of hydrogen-bond acceptors (Lipinski definition) is 4. The number of aliphatic hydroxyl groups is 1. The summed E-state index contributed by atoms with van der Waals surface area (Å²) in [5.41, 5.74) is 0.345. The Labute approximate surface area is 117 Å². The Bertz CT molecular complexity index is 426. The van der Waals surface area contributed by atoms with E-state index in [2.05, 4.69) is 10.3 Å². The molecule has 0 aliphatic rings. The van der Waals surface area contributed by atoms with Crippen LogP contribution >= 0.6 is 11.6 Å². The second kappa shape index (κ2) is 7.96. The van der Waals surface area contributed by atoms with Crippen LogP contribution in [0.5, 0.6) is 5.88 Å². The number of nitrogens with zero attached hydrogens (tertiary/aromatic N) is 1. The number of hydrogen-bond donors (Lipinski definition) is 2. The number of rotatable bonds is 7. The van der Waals surface area contributed by atoms with Crippen molar-refractivity contribution in [1.29, 1.82) is 0 Å². The average molecular weight is 287 g/mol. The highest BCUT2D eigenvalue weighted by Gasteiger charge is 2.12. The van der Waals surface area contributed by atoms with E-state index in [-0.39, 0.29) is 12.5 Å². The van der Waals surface area contributed by atoms with E-state index in [1.54, 1.807) is 0 Å². The smallest absolute Gasteiger partial charge is 0.252 e. The van der Waals surface area contributed by atoms with Gasteiger partial charge in [-0.25, -0.2) is 4.98 Å². The lowest BCUT2D eigenvalue weighted by Crippen LogP contribution is -2.32. The largest absolute Gasteiger partial charge is 0.477 e. The van der Waals surface area contributed by atoms with E-state index in [1.165, 1.54) is 12.3 Å². The highest BCUT2D eigenvalue weighted by atomic mass is 35.5. The van der Waals surface area contributed by atoms with E-state index in [1.807, 2.05) is 13.8 Å². The zero-order valence-electron chi connectivity index (χ0n) is 11.1. The lowest BCUT2D eigenvalue weighted by atomic mass is 10.2. The first kappa shape index (κ1) is 15.7. The van der Waals surface area contributed by atoms with Crippen molar-refractivity contribution in [1.82, 2.24) is 10.3 Å². The molecular weight excluding hydrogens is 268 g/mol. The summed E-state index contributed by atoms with van der Waals surface area (Å²) < 4.78 is 5.19. The molecule has 0 aliphatic carbocycles. The molecule has 1 aromatic heterocycles. The van der Waals surface area contributed by atoms with Crippen molar-refractivity contribution in [2.75, 3.05) is 13.2 Å². The van der Waals surface area contributed by atoms with Gasteiger partial charge in [-0.05, 0) is 19.4 Å². The molecule has 1 aromatic rings. The standard InChI is InChI=1S/C13H19ClN2O3/c1-3-5-10(17)8-15-12(18)9-6-11(14)13(16-7-9)19-4-2/h6-7,10,17H,3-5,8H2,1-2H3,(H,15,18). The third-order valence-corrected chi connectivity index (χ3v) is 2.74. The van der Waals surface area contributed by atoms with E-state index in [9.17, 15) is 9.90 Å². The Morgan fingerprint density at radius 2 is 2.32 bits per heavy atom. The Hall–Kier alpha value is -1.33. The van der Waals surface area contributed by atoms with Gasteiger partial charge in [-0.15, -0.1) is 0 Å². The first-order valence-corrected chi connectivity index (χ1v) is 6.70. The second-order valence-corrected chi connectivity index (χ2v) is 4.50. The van der Waals surface area contributed by atoms with Gasteiger partial charge in [0, 0.05) is 12.7 Å². The third-order valence-electron chi connectivity index (χ3n) is 2.47. The van der Waals surface area contributed by atoms with Crippen molar-refractivity contribution in [3.63, 3.8) is 0 Å². The predicted octanol–water partition coefficient (Wildman–Crippen LogP) is 2.02. The van der Waals surface area contributed by atoms with Gasteiger partial charge in [-0.1, -0.05) is 24.9 Å². The van der Waals surface area contributed by atoms with Crippen LogP contribution in [-0.2, 0) is 0 Å². The zero-order valence-corrected chi connectivity index (χ0v) is 11.9. The first-order chi connectivity index (χ1) is 9.08. The van der Waals surface area contributed by atoms with Gasteiger partial charge in [0.25, 0.3) is 5.91 Å². The van der Waals surface area contributed by atoms with E-state index < -0.39 is 6.10 Å². The van der Waals surface area contributed by atoms with Crippen LogP contribution in [0, 0.1) is 0 Å². The van der Waals surface area contributed by atoms with Gasteiger partial charge < -0.3 is 15.2 Å². The summed E-state index contributed by atoms with van der Waals surface area (Å²) in [5, 5.41) is 12.5. The Kier molecular flexibility index (Phi) is 6.59. The van der Waals surface area contributed by atoms with E-state index in [0.717, 1.165) is 6.42 Å². The highest BCUT2D eigenvalue weighted by Crippen LogP contribution is 2.22. The minimum atomic E-state index is -0.528. The summed E-state index contributed by atoms with van der Waals surface area (Å²) in [4.78, 5) is 15.8. The van der Waals surface area contributed by atoms with Crippen LogP contribution < -0.4 is 10.1 Å². The fourth-order valence-electron chi connectivity index (χ4n) is 1.54. The quantitative estimate of drug-likeness (QED) is 0.804. The lowest BCUT2D eigenvalue weighted by Gasteiger charge is -2.11. The minimum Gasteiger partial charge on any atom is -0.477 e. The van der Waals surface area contributed by atoms with Crippen molar-refractivity contribution in [2.24, 2.45) is 0 Å². The van der Waals surface area contributed by atoms with Crippen molar-refractivity contribution in [3.8, 4) is 5.88 Å². The van der Waals surface area contributed by atoms with Crippen molar-refractivity contribution in [2.45, 2.75) is 32.8 Å². The maximum Gasteiger partial charge on any atom is 0.252 e. The zero-order chi connectivity index (χ0) is 14.3. The van der Waals surface area contributed by atoms with E-state index in [0.29, 0.717) is 29.5 Å². The number of carbonyl (C=O) groups is 1. The first-order valence-electron chi connectivity index (χ1n) is 6.33.